The van der Waals surface area contributed by atoms with Gasteiger partial charge < -0.3 is 9.88 Å². The highest BCUT2D eigenvalue weighted by Gasteiger charge is 2.16. The van der Waals surface area contributed by atoms with Crippen molar-refractivity contribution in [3.63, 3.8) is 0 Å². The predicted octanol–water partition coefficient (Wildman–Crippen LogP) is 3.12. The number of hydrogen-bond acceptors (Lipinski definition) is 2. The summed E-state index contributed by atoms with van der Waals surface area (Å²) in [6, 6.07) is 10.0. The Morgan fingerprint density at radius 2 is 1.85 bits per heavy atom. The molecule has 1 heterocycles. The van der Waals surface area contributed by atoms with Gasteiger partial charge in [-0.25, -0.2) is 0 Å². The van der Waals surface area contributed by atoms with Crippen molar-refractivity contribution in [2.45, 2.75) is 19.9 Å². The van der Waals surface area contributed by atoms with Crippen LogP contribution in [0.15, 0.2) is 51.9 Å². The minimum absolute atomic E-state index is 0.209. The Labute approximate surface area is 125 Å². The second kappa shape index (κ2) is 6.05. The molecule has 104 valence electrons. The number of aromatic nitrogens is 1. The first kappa shape index (κ1) is 14.5. The molecule has 0 spiro atoms. The zero-order valence-electron chi connectivity index (χ0n) is 11.3. The van der Waals surface area contributed by atoms with Crippen LogP contribution in [0, 0.1) is 6.92 Å². The number of carbonyl (C=O) groups is 1. The predicted molar refractivity (Wildman–Crippen MR) is 82.9 cm³/mol. The minimum Gasteiger partial charge on any atom is -0.324 e. The molecule has 1 aromatic carbocycles. The Hall–Kier alpha value is -1.88. The fourth-order valence-corrected chi connectivity index (χ4v) is 2.14. The van der Waals surface area contributed by atoms with E-state index >= 15 is 0 Å². The van der Waals surface area contributed by atoms with Crippen molar-refractivity contribution in [2.75, 3.05) is 5.32 Å². The second-order valence-electron chi connectivity index (χ2n) is 4.62. The molecule has 1 atom stereocenters. The number of nitrogens with one attached hydrogen (secondary N) is 1. The number of carbonyl (C=O) groups excluding carboxylic acids is 1. The summed E-state index contributed by atoms with van der Waals surface area (Å²) in [7, 11) is 0. The molecule has 0 radical (unpaired) electrons. The Kier molecular flexibility index (Phi) is 4.39. The highest BCUT2D eigenvalue weighted by Crippen LogP contribution is 2.13. The monoisotopic (exact) mass is 334 g/mol. The first-order chi connectivity index (χ1) is 9.47. The van der Waals surface area contributed by atoms with Crippen LogP contribution in [0.25, 0.3) is 0 Å². The highest BCUT2D eigenvalue weighted by molar-refractivity contribution is 9.10. The largest absolute Gasteiger partial charge is 0.324 e. The summed E-state index contributed by atoms with van der Waals surface area (Å²) in [5.41, 5.74) is 1.63. The Balaban J connectivity index is 2.18. The molecule has 1 N–H and O–H groups in total. The molecule has 0 fully saturated rings. The Morgan fingerprint density at radius 3 is 2.50 bits per heavy atom. The van der Waals surface area contributed by atoms with Crippen LogP contribution in [0.5, 0.6) is 0 Å². The fraction of sp³-hybridized carbons (Fsp3) is 0.200. The number of halogens is 1. The maximum absolute atomic E-state index is 12.2. The quantitative estimate of drug-likeness (QED) is 0.937. The smallest absolute Gasteiger partial charge is 0.251 e. The molecule has 4 nitrogen and oxygen atoms in total. The molecule has 0 saturated carbocycles. The van der Waals surface area contributed by atoms with E-state index in [4.69, 9.17) is 0 Å². The van der Waals surface area contributed by atoms with Crippen LogP contribution in [-0.4, -0.2) is 10.5 Å². The maximum Gasteiger partial charge on any atom is 0.251 e. The van der Waals surface area contributed by atoms with Crippen molar-refractivity contribution in [1.29, 1.82) is 0 Å². The molecule has 0 aliphatic rings. The molecule has 2 rings (SSSR count). The number of benzene rings is 1. The standard InChI is InChI=1S/C15H15BrN2O2/c1-10-3-6-13(7-4-10)17-15(20)11(2)18-9-12(16)5-8-14(18)19/h3-9,11H,1-2H3,(H,17,20). The lowest BCUT2D eigenvalue weighted by Crippen LogP contribution is -2.30. The molecule has 0 saturated heterocycles. The lowest BCUT2D eigenvalue weighted by molar-refractivity contribution is -0.118. The van der Waals surface area contributed by atoms with Crippen LogP contribution in [0.2, 0.25) is 0 Å². The van der Waals surface area contributed by atoms with E-state index in [1.165, 1.54) is 10.6 Å². The summed E-state index contributed by atoms with van der Waals surface area (Å²) in [6.07, 6.45) is 1.61. The molecule has 0 bridgehead atoms. The SMILES string of the molecule is Cc1ccc(NC(=O)C(C)n2cc(Br)ccc2=O)cc1. The van der Waals surface area contributed by atoms with Crippen molar-refractivity contribution in [3.05, 3.63) is 63.0 Å². The molecular formula is C15H15BrN2O2. The van der Waals surface area contributed by atoms with Gasteiger partial charge in [0.2, 0.25) is 5.91 Å². The lowest BCUT2D eigenvalue weighted by Gasteiger charge is -2.15. The molecule has 1 unspecified atom stereocenters. The molecule has 1 aromatic heterocycles. The molecule has 0 aliphatic heterocycles. The van der Waals surface area contributed by atoms with Gasteiger partial charge in [0, 0.05) is 22.4 Å². The van der Waals surface area contributed by atoms with E-state index in [-0.39, 0.29) is 11.5 Å². The second-order valence-corrected chi connectivity index (χ2v) is 5.54. The zero-order valence-corrected chi connectivity index (χ0v) is 12.8. The van der Waals surface area contributed by atoms with Crippen molar-refractivity contribution in [2.24, 2.45) is 0 Å². The molecular weight excluding hydrogens is 320 g/mol. The van der Waals surface area contributed by atoms with E-state index in [0.29, 0.717) is 0 Å². The summed E-state index contributed by atoms with van der Waals surface area (Å²) in [5.74, 6) is -0.228. The highest BCUT2D eigenvalue weighted by atomic mass is 79.9. The molecule has 1 amide bonds. The first-order valence-electron chi connectivity index (χ1n) is 6.22. The first-order valence-corrected chi connectivity index (χ1v) is 7.02. The van der Waals surface area contributed by atoms with Gasteiger partial charge in [0.25, 0.3) is 5.56 Å². The van der Waals surface area contributed by atoms with Gasteiger partial charge in [-0.1, -0.05) is 17.7 Å². The van der Waals surface area contributed by atoms with E-state index in [1.807, 2.05) is 31.2 Å². The summed E-state index contributed by atoms with van der Waals surface area (Å²) in [6.45, 7) is 3.67. The van der Waals surface area contributed by atoms with Crippen LogP contribution >= 0.6 is 15.9 Å². The molecule has 2 aromatic rings. The van der Waals surface area contributed by atoms with Crippen molar-refractivity contribution in [1.82, 2.24) is 4.57 Å². The van der Waals surface area contributed by atoms with Gasteiger partial charge in [-0.3, -0.25) is 9.59 Å². The maximum atomic E-state index is 12.2. The van der Waals surface area contributed by atoms with Gasteiger partial charge in [-0.05, 0) is 48.0 Å². The number of pyridine rings is 1. The third kappa shape index (κ3) is 3.36. The van der Waals surface area contributed by atoms with Crippen LogP contribution in [0.4, 0.5) is 5.69 Å². The van der Waals surface area contributed by atoms with E-state index in [0.717, 1.165) is 15.7 Å². The Morgan fingerprint density at radius 1 is 1.20 bits per heavy atom. The van der Waals surface area contributed by atoms with Crippen LogP contribution in [-0.2, 0) is 4.79 Å². The van der Waals surface area contributed by atoms with Gasteiger partial charge >= 0.3 is 0 Å². The summed E-state index contributed by atoms with van der Waals surface area (Å²) in [5, 5.41) is 2.80. The van der Waals surface area contributed by atoms with Crippen molar-refractivity contribution < 1.29 is 4.79 Å². The number of aryl methyl sites for hydroxylation is 1. The van der Waals surface area contributed by atoms with Gasteiger partial charge in [0.1, 0.15) is 6.04 Å². The summed E-state index contributed by atoms with van der Waals surface area (Å²) < 4.78 is 2.15. The van der Waals surface area contributed by atoms with E-state index in [2.05, 4.69) is 21.2 Å². The third-order valence-corrected chi connectivity index (χ3v) is 3.49. The molecule has 0 aliphatic carbocycles. The summed E-state index contributed by atoms with van der Waals surface area (Å²) in [4.78, 5) is 24.0. The van der Waals surface area contributed by atoms with E-state index in [9.17, 15) is 9.59 Å². The molecule has 20 heavy (non-hydrogen) atoms. The number of hydrogen-bond donors (Lipinski definition) is 1. The van der Waals surface area contributed by atoms with Crippen molar-refractivity contribution >= 4 is 27.5 Å². The van der Waals surface area contributed by atoms with E-state index < -0.39 is 6.04 Å². The van der Waals surface area contributed by atoms with Gasteiger partial charge in [0.15, 0.2) is 0 Å². The normalized spacial score (nSPS) is 11.9. The van der Waals surface area contributed by atoms with Crippen LogP contribution < -0.4 is 10.9 Å². The van der Waals surface area contributed by atoms with Crippen molar-refractivity contribution in [3.8, 4) is 0 Å². The van der Waals surface area contributed by atoms with Gasteiger partial charge in [0.05, 0.1) is 0 Å². The van der Waals surface area contributed by atoms with Gasteiger partial charge in [-0.2, -0.15) is 0 Å². The number of nitrogens with zero attached hydrogens (tertiary/aromatic N) is 1. The van der Waals surface area contributed by atoms with Crippen LogP contribution in [0.1, 0.15) is 18.5 Å². The Bertz CT molecular complexity index is 677. The third-order valence-electron chi connectivity index (χ3n) is 3.02. The lowest BCUT2D eigenvalue weighted by atomic mass is 10.2. The zero-order chi connectivity index (χ0) is 14.7. The fourth-order valence-electron chi connectivity index (χ4n) is 1.79. The summed E-state index contributed by atoms with van der Waals surface area (Å²) >= 11 is 3.30. The number of rotatable bonds is 3. The van der Waals surface area contributed by atoms with Gasteiger partial charge in [-0.15, -0.1) is 0 Å². The number of amides is 1. The van der Waals surface area contributed by atoms with E-state index in [1.54, 1.807) is 19.2 Å². The minimum atomic E-state index is -0.582. The van der Waals surface area contributed by atoms with Crippen LogP contribution in [0.3, 0.4) is 0 Å². The average molecular weight is 335 g/mol. The topological polar surface area (TPSA) is 51.1 Å². The average Bonchev–Trinajstić information content (AvgIpc) is 2.43. The number of anilines is 1. The molecule has 5 heteroatoms.